The molecule has 118 valence electrons. The molecular formula is C14H11ClN4O3S. The van der Waals surface area contributed by atoms with Crippen LogP contribution in [0.3, 0.4) is 0 Å². The predicted octanol–water partition coefficient (Wildman–Crippen LogP) is 1.84. The lowest BCUT2D eigenvalue weighted by Gasteiger charge is -2.08. The number of rotatable bonds is 4. The van der Waals surface area contributed by atoms with Crippen molar-refractivity contribution in [2.75, 3.05) is 0 Å². The Bertz CT molecular complexity index is 984. The number of aromatic amines is 1. The smallest absolute Gasteiger partial charge is 0.268 e. The number of carbonyl (C=O) groups excluding carboxylic acids is 1. The van der Waals surface area contributed by atoms with E-state index in [1.54, 1.807) is 12.1 Å². The maximum Gasteiger partial charge on any atom is 0.268 e. The summed E-state index contributed by atoms with van der Waals surface area (Å²) in [6.07, 6.45) is 2.87. The van der Waals surface area contributed by atoms with E-state index in [0.29, 0.717) is 10.9 Å². The molecule has 0 aliphatic rings. The molecular weight excluding hydrogens is 340 g/mol. The minimum atomic E-state index is -4.02. The van der Waals surface area contributed by atoms with Gasteiger partial charge in [-0.1, -0.05) is 29.8 Å². The van der Waals surface area contributed by atoms with Crippen molar-refractivity contribution < 1.29 is 13.2 Å². The Balaban J connectivity index is 1.80. The Morgan fingerprint density at radius 1 is 1.17 bits per heavy atom. The highest BCUT2D eigenvalue weighted by Gasteiger charge is 2.20. The van der Waals surface area contributed by atoms with Crippen LogP contribution in [0.2, 0.25) is 5.15 Å². The fourth-order valence-corrected chi connectivity index (χ4v) is 3.36. The molecule has 0 saturated carbocycles. The van der Waals surface area contributed by atoms with Gasteiger partial charge in [0.25, 0.3) is 15.9 Å². The van der Waals surface area contributed by atoms with Crippen LogP contribution in [-0.4, -0.2) is 24.3 Å². The second kappa shape index (κ2) is 5.99. The zero-order valence-corrected chi connectivity index (χ0v) is 13.1. The number of pyridine rings is 1. The number of benzene rings is 1. The molecule has 7 nitrogen and oxygen atoms in total. The fraction of sp³-hybridized carbons (Fsp3) is 0. The molecule has 0 aliphatic carbocycles. The molecule has 2 heterocycles. The average molecular weight is 351 g/mol. The number of fused-ring (bicyclic) bond motifs is 1. The molecule has 0 fully saturated rings. The molecule has 3 aromatic rings. The normalized spacial score (nSPS) is 11.5. The van der Waals surface area contributed by atoms with Crippen molar-refractivity contribution in [2.45, 2.75) is 4.90 Å². The molecule has 2 aromatic heterocycles. The van der Waals surface area contributed by atoms with E-state index in [2.05, 4.69) is 15.4 Å². The summed E-state index contributed by atoms with van der Waals surface area (Å²) in [5.74, 6) is -0.592. The number of amides is 1. The minimum absolute atomic E-state index is 0.179. The van der Waals surface area contributed by atoms with Gasteiger partial charge in [0.15, 0.2) is 0 Å². The fourth-order valence-electron chi connectivity index (χ4n) is 2.07. The van der Waals surface area contributed by atoms with E-state index >= 15 is 0 Å². The minimum Gasteiger partial charge on any atom is -0.360 e. The lowest BCUT2D eigenvalue weighted by atomic mass is 10.2. The summed E-state index contributed by atoms with van der Waals surface area (Å²) in [5, 5.41) is 0.505. The zero-order valence-electron chi connectivity index (χ0n) is 11.6. The highest BCUT2D eigenvalue weighted by atomic mass is 35.5. The van der Waals surface area contributed by atoms with Gasteiger partial charge in [0.1, 0.15) is 10.0 Å². The Hall–Kier alpha value is -2.42. The topological polar surface area (TPSA) is 104 Å². The molecule has 3 N–H and O–H groups in total. The van der Waals surface area contributed by atoms with Gasteiger partial charge in [-0.2, -0.15) is 0 Å². The summed E-state index contributed by atoms with van der Waals surface area (Å²) in [6.45, 7) is 0. The van der Waals surface area contributed by atoms with Gasteiger partial charge in [-0.15, -0.1) is 4.83 Å². The van der Waals surface area contributed by atoms with Crippen molar-refractivity contribution in [3.05, 3.63) is 59.5 Å². The van der Waals surface area contributed by atoms with Crippen molar-refractivity contribution in [3.63, 3.8) is 0 Å². The van der Waals surface area contributed by atoms with Gasteiger partial charge in [-0.05, 0) is 18.2 Å². The quantitative estimate of drug-likeness (QED) is 0.493. The number of hydrogen-bond donors (Lipinski definition) is 3. The van der Waals surface area contributed by atoms with Gasteiger partial charge >= 0.3 is 0 Å². The van der Waals surface area contributed by atoms with E-state index < -0.39 is 15.9 Å². The van der Waals surface area contributed by atoms with E-state index in [1.807, 2.05) is 17.0 Å². The van der Waals surface area contributed by atoms with Gasteiger partial charge in [0.05, 0.1) is 5.56 Å². The number of hydrazine groups is 1. The first-order valence-electron chi connectivity index (χ1n) is 6.48. The van der Waals surface area contributed by atoms with E-state index in [4.69, 9.17) is 11.6 Å². The van der Waals surface area contributed by atoms with Crippen LogP contribution in [0.5, 0.6) is 0 Å². The van der Waals surface area contributed by atoms with Crippen LogP contribution in [0.4, 0.5) is 0 Å². The van der Waals surface area contributed by atoms with Crippen LogP contribution in [0.1, 0.15) is 10.4 Å². The van der Waals surface area contributed by atoms with Gasteiger partial charge in [-0.25, -0.2) is 13.4 Å². The van der Waals surface area contributed by atoms with E-state index in [9.17, 15) is 13.2 Å². The maximum atomic E-state index is 12.2. The van der Waals surface area contributed by atoms with E-state index in [-0.39, 0.29) is 10.0 Å². The number of H-pyrrole nitrogens is 1. The number of nitrogens with zero attached hydrogens (tertiary/aromatic N) is 1. The summed E-state index contributed by atoms with van der Waals surface area (Å²) >= 11 is 5.75. The monoisotopic (exact) mass is 350 g/mol. The molecule has 0 spiro atoms. The highest BCUT2D eigenvalue weighted by Crippen LogP contribution is 2.18. The summed E-state index contributed by atoms with van der Waals surface area (Å²) in [4.78, 5) is 20.6. The number of nitrogens with one attached hydrogen (secondary N) is 3. The van der Waals surface area contributed by atoms with Crippen LogP contribution in [0.15, 0.2) is 53.7 Å². The number of halogens is 1. The third-order valence-electron chi connectivity index (χ3n) is 3.15. The summed E-state index contributed by atoms with van der Waals surface area (Å²) in [6, 6.07) is 9.90. The molecule has 0 saturated heterocycles. The van der Waals surface area contributed by atoms with Crippen molar-refractivity contribution >= 4 is 38.4 Å². The van der Waals surface area contributed by atoms with Crippen LogP contribution >= 0.6 is 11.6 Å². The molecule has 0 radical (unpaired) electrons. The molecule has 0 unspecified atom stereocenters. The van der Waals surface area contributed by atoms with Crippen LogP contribution in [0, 0.1) is 0 Å². The third kappa shape index (κ3) is 3.04. The molecule has 23 heavy (non-hydrogen) atoms. The second-order valence-corrected chi connectivity index (χ2v) is 6.61. The first kappa shape index (κ1) is 15.5. The molecule has 0 bridgehead atoms. The summed E-state index contributed by atoms with van der Waals surface area (Å²) in [5.41, 5.74) is 3.25. The first-order chi connectivity index (χ1) is 11.0. The number of aromatic nitrogens is 2. The SMILES string of the molecule is O=C(NNS(=O)(=O)c1cccnc1Cl)c1c[nH]c2ccccc12. The lowest BCUT2D eigenvalue weighted by Crippen LogP contribution is -2.41. The van der Waals surface area contributed by atoms with E-state index in [1.165, 1.54) is 24.5 Å². The molecule has 1 amide bonds. The zero-order chi connectivity index (χ0) is 16.4. The maximum absolute atomic E-state index is 12.2. The number of para-hydroxylation sites is 1. The second-order valence-electron chi connectivity index (χ2n) is 4.60. The van der Waals surface area contributed by atoms with Crippen molar-refractivity contribution in [1.29, 1.82) is 0 Å². The Morgan fingerprint density at radius 2 is 1.96 bits per heavy atom. The van der Waals surface area contributed by atoms with Crippen LogP contribution < -0.4 is 10.3 Å². The number of hydrogen-bond acceptors (Lipinski definition) is 4. The van der Waals surface area contributed by atoms with Gasteiger partial charge in [0, 0.05) is 23.3 Å². The standard InChI is InChI=1S/C14H11ClN4O3S/c15-13-12(6-3-7-16-13)23(21,22)19-18-14(20)10-8-17-11-5-2-1-4-9(10)11/h1-8,17,19H,(H,18,20). The third-order valence-corrected chi connectivity index (χ3v) is 4.84. The van der Waals surface area contributed by atoms with Crippen molar-refractivity contribution in [1.82, 2.24) is 20.2 Å². The Kier molecular flexibility index (Phi) is 4.03. The van der Waals surface area contributed by atoms with E-state index in [0.717, 1.165) is 5.52 Å². The van der Waals surface area contributed by atoms with Crippen molar-refractivity contribution in [3.8, 4) is 0 Å². The largest absolute Gasteiger partial charge is 0.360 e. The summed E-state index contributed by atoms with van der Waals surface area (Å²) in [7, 11) is -4.02. The molecule has 1 aromatic carbocycles. The van der Waals surface area contributed by atoms with Crippen LogP contribution in [0.25, 0.3) is 10.9 Å². The number of carbonyl (C=O) groups is 1. The first-order valence-corrected chi connectivity index (χ1v) is 8.34. The molecule has 0 aliphatic heterocycles. The van der Waals surface area contributed by atoms with Gasteiger partial charge < -0.3 is 4.98 Å². The predicted molar refractivity (Wildman–Crippen MR) is 85.3 cm³/mol. The Morgan fingerprint density at radius 3 is 2.74 bits per heavy atom. The van der Waals surface area contributed by atoms with Crippen LogP contribution in [-0.2, 0) is 10.0 Å². The summed E-state index contributed by atoms with van der Waals surface area (Å²) < 4.78 is 24.3. The Labute approximate surface area is 136 Å². The molecule has 0 atom stereocenters. The lowest BCUT2D eigenvalue weighted by molar-refractivity contribution is 0.0947. The molecule has 9 heteroatoms. The molecule has 3 rings (SSSR count). The average Bonchev–Trinajstić information content (AvgIpc) is 2.97. The van der Waals surface area contributed by atoms with Gasteiger partial charge in [0.2, 0.25) is 0 Å². The van der Waals surface area contributed by atoms with Crippen molar-refractivity contribution in [2.24, 2.45) is 0 Å². The van der Waals surface area contributed by atoms with Gasteiger partial charge in [-0.3, -0.25) is 10.2 Å². The number of sulfonamides is 1. The highest BCUT2D eigenvalue weighted by molar-refractivity contribution is 7.89.